The van der Waals surface area contributed by atoms with E-state index in [2.05, 4.69) is 5.32 Å². The summed E-state index contributed by atoms with van der Waals surface area (Å²) in [7, 11) is -2.47. The zero-order chi connectivity index (χ0) is 16.8. The van der Waals surface area contributed by atoms with Crippen molar-refractivity contribution in [2.45, 2.75) is 54.9 Å². The number of fused-ring (bicyclic) bond motifs is 2. The van der Waals surface area contributed by atoms with Gasteiger partial charge in [0.15, 0.2) is 0 Å². The first-order valence-electron chi connectivity index (χ1n) is 7.59. The predicted molar refractivity (Wildman–Crippen MR) is 79.4 cm³/mol. The Kier molecular flexibility index (Phi) is 4.18. The van der Waals surface area contributed by atoms with Crippen LogP contribution in [0.25, 0.3) is 0 Å². The second-order valence-electron chi connectivity index (χ2n) is 6.31. The van der Waals surface area contributed by atoms with Crippen LogP contribution in [0.5, 0.6) is 0 Å². The molecule has 4 nitrogen and oxygen atoms in total. The molecule has 0 aliphatic carbocycles. The molecule has 1 N–H and O–H groups in total. The Morgan fingerprint density at radius 2 is 1.78 bits per heavy atom. The molecule has 3 rings (SSSR count). The van der Waals surface area contributed by atoms with E-state index < -0.39 is 21.8 Å². The van der Waals surface area contributed by atoms with Crippen LogP contribution in [0, 0.1) is 0 Å². The molecule has 2 atom stereocenters. The van der Waals surface area contributed by atoms with E-state index >= 15 is 0 Å². The quantitative estimate of drug-likeness (QED) is 0.914. The third kappa shape index (κ3) is 3.25. The van der Waals surface area contributed by atoms with Crippen LogP contribution in [0.3, 0.4) is 0 Å². The molecule has 2 saturated heterocycles. The standard InChI is InChI=1S/C15H19F3N2O2S/c1-20(13-8-11-5-6-12(9-13)19-11)23(21,22)14-4-2-3-10(7-14)15(16,17)18/h2-4,7,11-13,19H,5-6,8-9H2,1H3. The molecule has 0 amide bonds. The molecule has 2 unspecified atom stereocenters. The molecule has 2 fully saturated rings. The number of sulfonamides is 1. The van der Waals surface area contributed by atoms with Crippen LogP contribution in [-0.2, 0) is 16.2 Å². The highest BCUT2D eigenvalue weighted by Crippen LogP contribution is 2.34. The smallest absolute Gasteiger partial charge is 0.311 e. The molecule has 8 heteroatoms. The van der Waals surface area contributed by atoms with E-state index in [1.807, 2.05) is 0 Å². The lowest BCUT2D eigenvalue weighted by Gasteiger charge is -2.34. The monoisotopic (exact) mass is 348 g/mol. The summed E-state index contributed by atoms with van der Waals surface area (Å²) in [6.07, 6.45) is -1.11. The molecule has 2 heterocycles. The van der Waals surface area contributed by atoms with Gasteiger partial charge < -0.3 is 5.32 Å². The highest BCUT2D eigenvalue weighted by atomic mass is 32.2. The first kappa shape index (κ1) is 16.7. The van der Waals surface area contributed by atoms with E-state index in [1.54, 1.807) is 0 Å². The molecule has 1 aromatic rings. The number of halogens is 3. The van der Waals surface area contributed by atoms with Gasteiger partial charge in [0, 0.05) is 25.2 Å². The summed E-state index contributed by atoms with van der Waals surface area (Å²) in [5.41, 5.74) is -0.947. The summed E-state index contributed by atoms with van der Waals surface area (Å²) in [4.78, 5) is -0.305. The molecule has 1 aromatic carbocycles. The van der Waals surface area contributed by atoms with Gasteiger partial charge in [0.2, 0.25) is 10.0 Å². The number of benzene rings is 1. The number of nitrogens with zero attached hydrogens (tertiary/aromatic N) is 1. The van der Waals surface area contributed by atoms with Gasteiger partial charge in [0.05, 0.1) is 10.5 Å². The lowest BCUT2D eigenvalue weighted by molar-refractivity contribution is -0.137. The topological polar surface area (TPSA) is 49.4 Å². The first-order valence-corrected chi connectivity index (χ1v) is 9.03. The van der Waals surface area contributed by atoms with E-state index in [9.17, 15) is 21.6 Å². The normalized spacial score (nSPS) is 28.3. The summed E-state index contributed by atoms with van der Waals surface area (Å²) in [5, 5.41) is 3.43. The van der Waals surface area contributed by atoms with Crippen molar-refractivity contribution in [3.05, 3.63) is 29.8 Å². The summed E-state index contributed by atoms with van der Waals surface area (Å²) in [5.74, 6) is 0. The van der Waals surface area contributed by atoms with Crippen LogP contribution in [0.2, 0.25) is 0 Å². The average Bonchev–Trinajstić information content (AvgIpc) is 2.84. The number of hydrogen-bond donors (Lipinski definition) is 1. The largest absolute Gasteiger partial charge is 0.416 e. The molecule has 2 aliphatic heterocycles. The van der Waals surface area contributed by atoms with E-state index in [1.165, 1.54) is 17.4 Å². The first-order chi connectivity index (χ1) is 10.7. The van der Waals surface area contributed by atoms with Crippen LogP contribution in [-0.4, -0.2) is 37.9 Å². The molecule has 0 radical (unpaired) electrons. The molecular weight excluding hydrogens is 329 g/mol. The van der Waals surface area contributed by atoms with Gasteiger partial charge in [-0.05, 0) is 43.9 Å². The third-order valence-electron chi connectivity index (χ3n) is 4.80. The minimum absolute atomic E-state index is 0.173. The van der Waals surface area contributed by atoms with Gasteiger partial charge >= 0.3 is 6.18 Å². The van der Waals surface area contributed by atoms with Gasteiger partial charge in [0.1, 0.15) is 0 Å². The Balaban J connectivity index is 1.86. The van der Waals surface area contributed by atoms with Gasteiger partial charge in [-0.3, -0.25) is 0 Å². The number of alkyl halides is 3. The maximum absolute atomic E-state index is 12.8. The van der Waals surface area contributed by atoms with Crippen molar-refractivity contribution >= 4 is 10.0 Å². The lowest BCUT2D eigenvalue weighted by atomic mass is 10.0. The van der Waals surface area contributed by atoms with Gasteiger partial charge in [-0.2, -0.15) is 17.5 Å². The van der Waals surface area contributed by atoms with Crippen molar-refractivity contribution in [1.82, 2.24) is 9.62 Å². The fourth-order valence-corrected chi connectivity index (χ4v) is 4.94. The molecule has 0 aromatic heterocycles. The molecule has 0 saturated carbocycles. The third-order valence-corrected chi connectivity index (χ3v) is 6.71. The fourth-order valence-electron chi connectivity index (χ4n) is 3.52. The Bertz CT molecular complexity index is 678. The van der Waals surface area contributed by atoms with Crippen LogP contribution in [0.15, 0.2) is 29.2 Å². The van der Waals surface area contributed by atoms with Gasteiger partial charge in [0.25, 0.3) is 0 Å². The number of rotatable bonds is 3. The second kappa shape index (κ2) is 5.75. The minimum atomic E-state index is -4.56. The molecule has 2 bridgehead atoms. The second-order valence-corrected chi connectivity index (χ2v) is 8.31. The zero-order valence-electron chi connectivity index (χ0n) is 12.7. The number of hydrogen-bond acceptors (Lipinski definition) is 3. The molecule has 0 spiro atoms. The van der Waals surface area contributed by atoms with Crippen molar-refractivity contribution in [2.75, 3.05) is 7.05 Å². The van der Waals surface area contributed by atoms with Crippen LogP contribution >= 0.6 is 0 Å². The Morgan fingerprint density at radius 3 is 2.35 bits per heavy atom. The van der Waals surface area contributed by atoms with E-state index in [0.717, 1.165) is 25.0 Å². The van der Waals surface area contributed by atoms with Crippen molar-refractivity contribution in [3.63, 3.8) is 0 Å². The summed E-state index contributed by atoms with van der Waals surface area (Å²) in [6.45, 7) is 0. The van der Waals surface area contributed by atoms with E-state index in [0.29, 0.717) is 31.0 Å². The SMILES string of the molecule is CN(C1CC2CCC(C1)N2)S(=O)(=O)c1cccc(C(F)(F)F)c1. The van der Waals surface area contributed by atoms with Crippen LogP contribution < -0.4 is 5.32 Å². The van der Waals surface area contributed by atoms with E-state index in [-0.39, 0.29) is 10.9 Å². The maximum Gasteiger partial charge on any atom is 0.416 e. The summed E-state index contributed by atoms with van der Waals surface area (Å²) >= 11 is 0. The van der Waals surface area contributed by atoms with Crippen LogP contribution in [0.1, 0.15) is 31.2 Å². The Morgan fingerprint density at radius 1 is 1.17 bits per heavy atom. The van der Waals surface area contributed by atoms with Crippen molar-refractivity contribution in [2.24, 2.45) is 0 Å². The zero-order valence-corrected chi connectivity index (χ0v) is 13.5. The highest BCUT2D eigenvalue weighted by molar-refractivity contribution is 7.89. The minimum Gasteiger partial charge on any atom is -0.311 e. The number of nitrogens with one attached hydrogen (secondary N) is 1. The maximum atomic E-state index is 12.8. The average molecular weight is 348 g/mol. The van der Waals surface area contributed by atoms with Crippen LogP contribution in [0.4, 0.5) is 13.2 Å². The van der Waals surface area contributed by atoms with Crippen molar-refractivity contribution in [1.29, 1.82) is 0 Å². The molecular formula is C15H19F3N2O2S. The molecule has 128 valence electrons. The highest BCUT2D eigenvalue weighted by Gasteiger charge is 2.39. The van der Waals surface area contributed by atoms with Crippen molar-refractivity contribution in [3.8, 4) is 0 Å². The summed E-state index contributed by atoms with van der Waals surface area (Å²) in [6, 6.07) is 4.38. The van der Waals surface area contributed by atoms with Gasteiger partial charge in [-0.25, -0.2) is 8.42 Å². The van der Waals surface area contributed by atoms with Gasteiger partial charge in [-0.15, -0.1) is 0 Å². The van der Waals surface area contributed by atoms with Gasteiger partial charge in [-0.1, -0.05) is 6.07 Å². The van der Waals surface area contributed by atoms with Crippen molar-refractivity contribution < 1.29 is 21.6 Å². The fraction of sp³-hybridized carbons (Fsp3) is 0.600. The predicted octanol–water partition coefficient (Wildman–Crippen LogP) is 2.61. The van der Waals surface area contributed by atoms with E-state index in [4.69, 9.17) is 0 Å². The Hall–Kier alpha value is -1.12. The lowest BCUT2D eigenvalue weighted by Crippen LogP contribution is -2.48. The molecule has 2 aliphatic rings. The number of piperidine rings is 1. The Labute approximate surface area is 133 Å². The summed E-state index contributed by atoms with van der Waals surface area (Å²) < 4.78 is 65.0. The molecule has 23 heavy (non-hydrogen) atoms.